The highest BCUT2D eigenvalue weighted by Crippen LogP contribution is 2.14. The molecule has 11 heteroatoms. The summed E-state index contributed by atoms with van der Waals surface area (Å²) < 4.78 is 49.5. The van der Waals surface area contributed by atoms with E-state index in [0.717, 1.165) is 5.69 Å². The quantitative estimate of drug-likeness (QED) is 0.583. The molecule has 0 saturated heterocycles. The first-order valence-corrected chi connectivity index (χ1v) is 8.36. The van der Waals surface area contributed by atoms with E-state index in [1.54, 1.807) is 30.5 Å². The highest BCUT2D eigenvalue weighted by Gasteiger charge is 2.38. The van der Waals surface area contributed by atoms with Crippen LogP contribution in [0.2, 0.25) is 0 Å². The lowest BCUT2D eigenvalue weighted by molar-refractivity contribution is -0.192. The maximum Gasteiger partial charge on any atom is 0.490 e. The van der Waals surface area contributed by atoms with Crippen LogP contribution >= 0.6 is 0 Å². The van der Waals surface area contributed by atoms with Gasteiger partial charge in [0.05, 0.1) is 18.6 Å². The molecule has 1 amide bonds. The summed E-state index contributed by atoms with van der Waals surface area (Å²) in [6.07, 6.45) is -2.96. The predicted octanol–water partition coefficient (Wildman–Crippen LogP) is 2.84. The first kappa shape index (κ1) is 24.6. The number of carbonyl (C=O) groups excluding carboxylic acids is 1. The Balaban J connectivity index is 0.000000553. The summed E-state index contributed by atoms with van der Waals surface area (Å²) in [5.74, 6) is -2.42. The maximum absolute atomic E-state index is 12.4. The minimum Gasteiger partial charge on any atom is -0.489 e. The topological polar surface area (TPSA) is 115 Å². The third kappa shape index (κ3) is 9.15. The van der Waals surface area contributed by atoms with Crippen molar-refractivity contribution in [2.45, 2.75) is 12.7 Å². The van der Waals surface area contributed by atoms with Crippen LogP contribution in [0.3, 0.4) is 0 Å². The molecule has 2 rings (SSSR count). The molecule has 2 aromatic rings. The average Bonchev–Trinajstić information content (AvgIpc) is 2.73. The first-order valence-electron chi connectivity index (χ1n) is 8.36. The van der Waals surface area contributed by atoms with Gasteiger partial charge in [0.25, 0.3) is 5.91 Å². The van der Waals surface area contributed by atoms with Gasteiger partial charge in [0.1, 0.15) is 12.4 Å². The molecule has 0 atom stereocenters. The van der Waals surface area contributed by atoms with Crippen LogP contribution < -0.4 is 15.8 Å². The first-order chi connectivity index (χ1) is 14.2. The molecule has 0 bridgehead atoms. The molecule has 1 aromatic carbocycles. The number of alkyl halides is 3. The second-order valence-electron chi connectivity index (χ2n) is 5.59. The average molecular weight is 429 g/mol. The highest BCUT2D eigenvalue weighted by atomic mass is 19.4. The van der Waals surface area contributed by atoms with Crippen LogP contribution in [0, 0.1) is 0 Å². The number of rotatable bonds is 7. The number of benzene rings is 1. The SMILES string of the molecule is NCC(=CF)COc1ccc(C(=O)NCc2ccccn2)cc1.O=C(O)C(F)(F)F. The molecular weight excluding hydrogens is 410 g/mol. The summed E-state index contributed by atoms with van der Waals surface area (Å²) in [7, 11) is 0. The summed E-state index contributed by atoms with van der Waals surface area (Å²) in [5, 5.41) is 9.91. The van der Waals surface area contributed by atoms with Gasteiger partial charge in [0, 0.05) is 23.9 Å². The van der Waals surface area contributed by atoms with Crippen LogP contribution in [0.1, 0.15) is 16.1 Å². The molecule has 0 aliphatic heterocycles. The van der Waals surface area contributed by atoms with E-state index in [4.69, 9.17) is 20.4 Å². The van der Waals surface area contributed by atoms with Crippen molar-refractivity contribution in [2.24, 2.45) is 5.73 Å². The lowest BCUT2D eigenvalue weighted by atomic mass is 10.2. The van der Waals surface area contributed by atoms with Crippen LogP contribution in [0.15, 0.2) is 60.6 Å². The molecule has 7 nitrogen and oxygen atoms in total. The standard InChI is InChI=1S/C17H18FN3O2.C2HF3O2/c18-9-13(10-19)12-23-16-6-4-14(5-7-16)17(22)21-11-15-3-1-2-8-20-15;3-2(4,5)1(6)7/h1-9H,10-12,19H2,(H,21,22);(H,6,7). The van der Waals surface area contributed by atoms with E-state index in [0.29, 0.717) is 29.8 Å². The summed E-state index contributed by atoms with van der Waals surface area (Å²) in [6.45, 7) is 0.543. The number of carboxylic acids is 1. The summed E-state index contributed by atoms with van der Waals surface area (Å²) >= 11 is 0. The van der Waals surface area contributed by atoms with Gasteiger partial charge in [-0.15, -0.1) is 0 Å². The molecule has 1 aromatic heterocycles. The van der Waals surface area contributed by atoms with Crippen molar-refractivity contribution in [3.05, 3.63) is 71.8 Å². The molecule has 0 radical (unpaired) electrons. The van der Waals surface area contributed by atoms with Crippen LogP contribution in [-0.4, -0.2) is 41.3 Å². The fraction of sp³-hybridized carbons (Fsp3) is 0.211. The fourth-order valence-electron chi connectivity index (χ4n) is 1.79. The van der Waals surface area contributed by atoms with E-state index in [1.807, 2.05) is 18.2 Å². The Kier molecular flexibility index (Phi) is 9.97. The van der Waals surface area contributed by atoms with E-state index >= 15 is 0 Å². The van der Waals surface area contributed by atoms with Gasteiger partial charge in [-0.05, 0) is 36.4 Å². The molecule has 30 heavy (non-hydrogen) atoms. The molecule has 0 aliphatic carbocycles. The number of nitrogens with one attached hydrogen (secondary N) is 1. The van der Waals surface area contributed by atoms with E-state index < -0.39 is 12.1 Å². The van der Waals surface area contributed by atoms with Crippen molar-refractivity contribution in [1.82, 2.24) is 10.3 Å². The number of aromatic nitrogens is 1. The Morgan fingerprint density at radius 3 is 2.27 bits per heavy atom. The molecule has 0 spiro atoms. The number of amides is 1. The lowest BCUT2D eigenvalue weighted by Crippen LogP contribution is -2.23. The Morgan fingerprint density at radius 1 is 1.17 bits per heavy atom. The zero-order valence-electron chi connectivity index (χ0n) is 15.5. The minimum atomic E-state index is -5.08. The van der Waals surface area contributed by atoms with Crippen molar-refractivity contribution in [1.29, 1.82) is 0 Å². The van der Waals surface area contributed by atoms with Gasteiger partial charge in [-0.25, -0.2) is 9.18 Å². The molecule has 0 saturated carbocycles. The van der Waals surface area contributed by atoms with E-state index in [9.17, 15) is 22.4 Å². The number of nitrogens with two attached hydrogens (primary N) is 1. The van der Waals surface area contributed by atoms with Gasteiger partial charge < -0.3 is 20.9 Å². The molecule has 0 unspecified atom stereocenters. The normalized spacial score (nSPS) is 11.2. The third-order valence-corrected chi connectivity index (χ3v) is 3.36. The van der Waals surface area contributed by atoms with Crippen molar-refractivity contribution in [2.75, 3.05) is 13.2 Å². The predicted molar refractivity (Wildman–Crippen MR) is 99.3 cm³/mol. The Bertz CT molecular complexity index is 841. The molecule has 0 aliphatic rings. The Labute approximate surface area is 169 Å². The van der Waals surface area contributed by atoms with Gasteiger partial charge in [0.2, 0.25) is 0 Å². The number of carbonyl (C=O) groups is 2. The number of halogens is 4. The van der Waals surface area contributed by atoms with Gasteiger partial charge in [-0.2, -0.15) is 13.2 Å². The molecular formula is C19H19F4N3O4. The number of aliphatic carboxylic acids is 1. The molecule has 0 fully saturated rings. The number of nitrogens with zero attached hydrogens (tertiary/aromatic N) is 1. The van der Waals surface area contributed by atoms with Gasteiger partial charge in [-0.3, -0.25) is 9.78 Å². The number of hydrogen-bond acceptors (Lipinski definition) is 5. The monoisotopic (exact) mass is 429 g/mol. The number of hydrogen-bond donors (Lipinski definition) is 3. The summed E-state index contributed by atoms with van der Waals surface area (Å²) in [6, 6.07) is 12.1. The lowest BCUT2D eigenvalue weighted by Gasteiger charge is -2.08. The minimum absolute atomic E-state index is 0.0816. The van der Waals surface area contributed by atoms with Crippen LogP contribution in [0.4, 0.5) is 17.6 Å². The number of carboxylic acid groups (broad SMARTS) is 1. The maximum atomic E-state index is 12.4. The van der Waals surface area contributed by atoms with Crippen LogP contribution in [0.5, 0.6) is 5.75 Å². The Morgan fingerprint density at radius 2 is 1.80 bits per heavy atom. The fourth-order valence-corrected chi connectivity index (χ4v) is 1.79. The van der Waals surface area contributed by atoms with E-state index in [1.165, 1.54) is 0 Å². The van der Waals surface area contributed by atoms with Gasteiger partial charge in [0.15, 0.2) is 0 Å². The second kappa shape index (κ2) is 12.2. The van der Waals surface area contributed by atoms with Crippen molar-refractivity contribution >= 4 is 11.9 Å². The van der Waals surface area contributed by atoms with Gasteiger partial charge >= 0.3 is 12.1 Å². The zero-order chi connectivity index (χ0) is 22.6. The smallest absolute Gasteiger partial charge is 0.489 e. The zero-order valence-corrected chi connectivity index (χ0v) is 15.5. The third-order valence-electron chi connectivity index (χ3n) is 3.36. The molecule has 162 valence electrons. The Hall–Kier alpha value is -3.47. The van der Waals surface area contributed by atoms with Crippen LogP contribution in [0.25, 0.3) is 0 Å². The van der Waals surface area contributed by atoms with Crippen molar-refractivity contribution < 1.29 is 37.0 Å². The molecule has 4 N–H and O–H groups in total. The van der Waals surface area contributed by atoms with E-state index in [-0.39, 0.29) is 19.1 Å². The molecule has 1 heterocycles. The largest absolute Gasteiger partial charge is 0.490 e. The van der Waals surface area contributed by atoms with Crippen LogP contribution in [-0.2, 0) is 11.3 Å². The van der Waals surface area contributed by atoms with E-state index in [2.05, 4.69) is 10.3 Å². The number of pyridine rings is 1. The van der Waals surface area contributed by atoms with Crippen molar-refractivity contribution in [3.8, 4) is 5.75 Å². The van der Waals surface area contributed by atoms with Crippen molar-refractivity contribution in [3.63, 3.8) is 0 Å². The number of ether oxygens (including phenoxy) is 1. The van der Waals surface area contributed by atoms with Gasteiger partial charge in [-0.1, -0.05) is 6.07 Å². The highest BCUT2D eigenvalue weighted by molar-refractivity contribution is 5.94. The summed E-state index contributed by atoms with van der Waals surface area (Å²) in [4.78, 5) is 25.1. The second-order valence-corrected chi connectivity index (χ2v) is 5.59. The summed E-state index contributed by atoms with van der Waals surface area (Å²) in [5.41, 5.74) is 7.00.